The van der Waals surface area contributed by atoms with Gasteiger partial charge in [-0.2, -0.15) is 5.10 Å². The number of aromatic hydroxyl groups is 1. The molecule has 6 nitrogen and oxygen atoms in total. The number of nitrogens with one attached hydrogen (secondary N) is 1. The summed E-state index contributed by atoms with van der Waals surface area (Å²) in [5, 5.41) is 27.8. The van der Waals surface area contributed by atoms with Crippen LogP contribution in [-0.2, 0) is 0 Å². The van der Waals surface area contributed by atoms with Gasteiger partial charge in [-0.1, -0.05) is 41.1 Å². The molecule has 25 heavy (non-hydrogen) atoms. The highest BCUT2D eigenvalue weighted by molar-refractivity contribution is 7.18. The quantitative estimate of drug-likeness (QED) is 0.554. The lowest BCUT2D eigenvalue weighted by Gasteiger charge is -2.00. The number of nitrogens with zero attached hydrogens (tertiary/aromatic N) is 4. The molecule has 0 aliphatic heterocycles. The second kappa shape index (κ2) is 6.54. The van der Waals surface area contributed by atoms with Crippen molar-refractivity contribution in [1.29, 1.82) is 0 Å². The summed E-state index contributed by atoms with van der Waals surface area (Å²) < 4.78 is 1.58. The number of halogens is 1. The Labute approximate surface area is 152 Å². The van der Waals surface area contributed by atoms with Crippen LogP contribution >= 0.6 is 22.9 Å². The van der Waals surface area contributed by atoms with Crippen LogP contribution in [-0.4, -0.2) is 25.1 Å². The van der Waals surface area contributed by atoms with Gasteiger partial charge in [0.05, 0.1) is 11.9 Å². The van der Waals surface area contributed by atoms with Crippen LogP contribution in [0.1, 0.15) is 0 Å². The molecule has 2 heterocycles. The molecule has 0 spiro atoms. The molecule has 2 aromatic heterocycles. The Morgan fingerprint density at radius 2 is 1.76 bits per heavy atom. The third kappa shape index (κ3) is 3.33. The standard InChI is InChI=1S/C17H12ClN5OS/c18-11-6-8-13(9-7-11)23-10-14(24)15(22-23)16-20-21-17(25-16)19-12-4-2-1-3-5-12/h1-10,24H,(H,19,21). The number of aromatic nitrogens is 4. The van der Waals surface area contributed by atoms with E-state index in [1.54, 1.807) is 16.8 Å². The molecule has 0 fully saturated rings. The molecule has 2 N–H and O–H groups in total. The molecular weight excluding hydrogens is 358 g/mol. The minimum atomic E-state index is 0.0392. The molecule has 4 rings (SSSR count). The van der Waals surface area contributed by atoms with Gasteiger partial charge in [0.2, 0.25) is 5.13 Å². The third-order valence-corrected chi connectivity index (χ3v) is 4.54. The Kier molecular flexibility index (Phi) is 4.09. The van der Waals surface area contributed by atoms with E-state index in [2.05, 4.69) is 20.6 Å². The molecule has 4 aromatic rings. The first-order valence-electron chi connectivity index (χ1n) is 7.39. The number of rotatable bonds is 4. The first-order valence-corrected chi connectivity index (χ1v) is 8.59. The Morgan fingerprint density at radius 3 is 2.52 bits per heavy atom. The highest BCUT2D eigenvalue weighted by atomic mass is 35.5. The van der Waals surface area contributed by atoms with Gasteiger partial charge in [-0.05, 0) is 36.4 Å². The monoisotopic (exact) mass is 369 g/mol. The lowest BCUT2D eigenvalue weighted by molar-refractivity contribution is 0.477. The molecule has 0 radical (unpaired) electrons. The molecular formula is C17H12ClN5OS. The highest BCUT2D eigenvalue weighted by Crippen LogP contribution is 2.33. The second-order valence-corrected chi connectivity index (χ2v) is 6.60. The zero-order chi connectivity index (χ0) is 17.2. The molecule has 8 heteroatoms. The number of benzene rings is 2. The van der Waals surface area contributed by atoms with Crippen molar-refractivity contribution in [3.63, 3.8) is 0 Å². The van der Waals surface area contributed by atoms with Gasteiger partial charge in [-0.25, -0.2) is 4.68 Å². The van der Waals surface area contributed by atoms with Crippen LogP contribution in [0.15, 0.2) is 60.8 Å². The lowest BCUT2D eigenvalue weighted by atomic mass is 10.3. The average molecular weight is 370 g/mol. The third-order valence-electron chi connectivity index (χ3n) is 3.44. The summed E-state index contributed by atoms with van der Waals surface area (Å²) in [6.45, 7) is 0. The number of hydrogen-bond acceptors (Lipinski definition) is 6. The average Bonchev–Trinajstić information content (AvgIpc) is 3.23. The summed E-state index contributed by atoms with van der Waals surface area (Å²) in [5.74, 6) is 0.0392. The Balaban J connectivity index is 1.61. The molecule has 2 aromatic carbocycles. The van der Waals surface area contributed by atoms with Crippen molar-refractivity contribution in [3.05, 3.63) is 65.8 Å². The summed E-state index contributed by atoms with van der Waals surface area (Å²) in [6, 6.07) is 16.9. The molecule has 0 saturated carbocycles. The first kappa shape index (κ1) is 15.6. The van der Waals surface area contributed by atoms with Crippen LogP contribution in [0.4, 0.5) is 10.8 Å². The van der Waals surface area contributed by atoms with Crippen LogP contribution in [0.2, 0.25) is 5.02 Å². The van der Waals surface area contributed by atoms with Crippen LogP contribution in [0.3, 0.4) is 0 Å². The van der Waals surface area contributed by atoms with E-state index >= 15 is 0 Å². The fourth-order valence-electron chi connectivity index (χ4n) is 2.26. The van der Waals surface area contributed by atoms with E-state index in [9.17, 15) is 5.11 Å². The first-order chi connectivity index (χ1) is 12.2. The minimum absolute atomic E-state index is 0.0392. The van der Waals surface area contributed by atoms with E-state index in [1.165, 1.54) is 17.5 Å². The van der Waals surface area contributed by atoms with Crippen molar-refractivity contribution < 1.29 is 5.11 Å². The maximum atomic E-state index is 10.2. The maximum absolute atomic E-state index is 10.2. The number of hydrogen-bond donors (Lipinski definition) is 2. The Hall–Kier alpha value is -2.90. The van der Waals surface area contributed by atoms with E-state index in [-0.39, 0.29) is 5.75 Å². The predicted octanol–water partition coefficient (Wildman–Crippen LogP) is 4.49. The van der Waals surface area contributed by atoms with E-state index in [1.807, 2.05) is 42.5 Å². The molecule has 0 unspecified atom stereocenters. The van der Waals surface area contributed by atoms with Gasteiger partial charge in [0, 0.05) is 10.7 Å². The van der Waals surface area contributed by atoms with Crippen molar-refractivity contribution >= 4 is 33.8 Å². The molecule has 0 atom stereocenters. The van der Waals surface area contributed by atoms with Crippen molar-refractivity contribution in [2.75, 3.05) is 5.32 Å². The minimum Gasteiger partial charge on any atom is -0.504 e. The van der Waals surface area contributed by atoms with Crippen LogP contribution in [0.5, 0.6) is 5.75 Å². The van der Waals surface area contributed by atoms with Crippen molar-refractivity contribution in [3.8, 4) is 22.1 Å². The van der Waals surface area contributed by atoms with Crippen LogP contribution in [0.25, 0.3) is 16.4 Å². The molecule has 0 amide bonds. The van der Waals surface area contributed by atoms with E-state index < -0.39 is 0 Å². The van der Waals surface area contributed by atoms with Gasteiger partial charge in [-0.3, -0.25) is 0 Å². The van der Waals surface area contributed by atoms with E-state index in [4.69, 9.17) is 11.6 Å². The molecule has 0 saturated heterocycles. The fourth-order valence-corrected chi connectivity index (χ4v) is 3.14. The fraction of sp³-hybridized carbons (Fsp3) is 0. The molecule has 0 aliphatic rings. The topological polar surface area (TPSA) is 75.9 Å². The van der Waals surface area contributed by atoms with Gasteiger partial charge in [0.15, 0.2) is 16.5 Å². The summed E-state index contributed by atoms with van der Waals surface area (Å²) in [4.78, 5) is 0. The maximum Gasteiger partial charge on any atom is 0.210 e. The Morgan fingerprint density at radius 1 is 1.00 bits per heavy atom. The largest absolute Gasteiger partial charge is 0.504 e. The van der Waals surface area contributed by atoms with Gasteiger partial charge in [-0.15, -0.1) is 10.2 Å². The second-order valence-electron chi connectivity index (χ2n) is 5.19. The summed E-state index contributed by atoms with van der Waals surface area (Å²) in [5.41, 5.74) is 2.09. The van der Waals surface area contributed by atoms with Crippen molar-refractivity contribution in [2.24, 2.45) is 0 Å². The van der Waals surface area contributed by atoms with E-state index in [0.29, 0.717) is 20.9 Å². The lowest BCUT2D eigenvalue weighted by Crippen LogP contribution is -1.94. The van der Waals surface area contributed by atoms with Crippen molar-refractivity contribution in [2.45, 2.75) is 0 Å². The zero-order valence-corrected chi connectivity index (χ0v) is 14.4. The Bertz CT molecular complexity index is 998. The van der Waals surface area contributed by atoms with Gasteiger partial charge in [0.1, 0.15) is 0 Å². The van der Waals surface area contributed by atoms with E-state index in [0.717, 1.165) is 11.4 Å². The molecule has 124 valence electrons. The van der Waals surface area contributed by atoms with Gasteiger partial charge < -0.3 is 10.4 Å². The zero-order valence-electron chi connectivity index (χ0n) is 12.8. The number of anilines is 2. The summed E-state index contributed by atoms with van der Waals surface area (Å²) in [7, 11) is 0. The predicted molar refractivity (Wildman–Crippen MR) is 98.9 cm³/mol. The highest BCUT2D eigenvalue weighted by Gasteiger charge is 2.16. The van der Waals surface area contributed by atoms with Crippen LogP contribution in [0, 0.1) is 0 Å². The SMILES string of the molecule is Oc1cn(-c2ccc(Cl)cc2)nc1-c1nnc(Nc2ccccc2)s1. The van der Waals surface area contributed by atoms with Crippen LogP contribution < -0.4 is 5.32 Å². The summed E-state index contributed by atoms with van der Waals surface area (Å²) >= 11 is 7.21. The smallest absolute Gasteiger partial charge is 0.210 e. The van der Waals surface area contributed by atoms with Gasteiger partial charge >= 0.3 is 0 Å². The number of para-hydroxylation sites is 1. The molecule has 0 bridgehead atoms. The van der Waals surface area contributed by atoms with Crippen molar-refractivity contribution in [1.82, 2.24) is 20.0 Å². The normalized spacial score (nSPS) is 10.8. The van der Waals surface area contributed by atoms with Gasteiger partial charge in [0.25, 0.3) is 0 Å². The summed E-state index contributed by atoms with van der Waals surface area (Å²) in [6.07, 6.45) is 1.53. The molecule has 0 aliphatic carbocycles.